The third-order valence-corrected chi connectivity index (χ3v) is 5.47. The number of ketones is 1. The lowest BCUT2D eigenvalue weighted by Crippen LogP contribution is -2.45. The molecule has 0 spiro atoms. The number of pyridine rings is 2. The third-order valence-electron chi connectivity index (χ3n) is 3.71. The molecular formula is C17H18N2O4S. The van der Waals surface area contributed by atoms with E-state index in [9.17, 15) is 13.2 Å². The van der Waals surface area contributed by atoms with Gasteiger partial charge in [-0.1, -0.05) is 6.07 Å². The largest absolute Gasteiger partial charge is 0.488 e. The van der Waals surface area contributed by atoms with Gasteiger partial charge in [-0.05, 0) is 25.5 Å². The van der Waals surface area contributed by atoms with Crippen LogP contribution in [-0.2, 0) is 16.3 Å². The zero-order chi connectivity index (χ0) is 17.3. The van der Waals surface area contributed by atoms with E-state index < -0.39 is 9.84 Å². The van der Waals surface area contributed by atoms with Crippen LogP contribution in [0.3, 0.4) is 0 Å². The van der Waals surface area contributed by atoms with Crippen LogP contribution >= 0.6 is 0 Å². The van der Waals surface area contributed by atoms with Crippen LogP contribution in [0.25, 0.3) is 0 Å². The Morgan fingerprint density at radius 1 is 1.25 bits per heavy atom. The van der Waals surface area contributed by atoms with Gasteiger partial charge in [0.25, 0.3) is 0 Å². The number of ether oxygens (including phenoxy) is 1. The summed E-state index contributed by atoms with van der Waals surface area (Å²) >= 11 is 0. The molecule has 0 N–H and O–H groups in total. The van der Waals surface area contributed by atoms with E-state index in [-0.39, 0.29) is 29.8 Å². The number of hydrogen-bond donors (Lipinski definition) is 0. The summed E-state index contributed by atoms with van der Waals surface area (Å²) in [4.78, 5) is 20.9. The van der Waals surface area contributed by atoms with Gasteiger partial charge in [-0.3, -0.25) is 9.78 Å². The smallest absolute Gasteiger partial charge is 0.187 e. The van der Waals surface area contributed by atoms with E-state index in [1.165, 1.54) is 0 Å². The number of Topliss-reactive ketones (excluding diaryl/α,β-unsaturated/α-hetero) is 1. The number of carbonyl (C=O) groups excluding carboxylic acids is 1. The van der Waals surface area contributed by atoms with Crippen LogP contribution in [-0.4, -0.2) is 41.8 Å². The van der Waals surface area contributed by atoms with Gasteiger partial charge in [0.05, 0.1) is 17.9 Å². The highest BCUT2D eigenvalue weighted by Crippen LogP contribution is 2.21. The lowest BCUT2D eigenvalue weighted by atomic mass is 10.1. The molecule has 0 bridgehead atoms. The van der Waals surface area contributed by atoms with Crippen LogP contribution in [0.2, 0.25) is 0 Å². The fraction of sp³-hybridized carbons (Fsp3) is 0.353. The summed E-state index contributed by atoms with van der Waals surface area (Å²) in [6.45, 7) is 3.70. The Bertz CT molecular complexity index is 864. The maximum Gasteiger partial charge on any atom is 0.187 e. The average molecular weight is 346 g/mol. The Morgan fingerprint density at radius 2 is 2.00 bits per heavy atom. The van der Waals surface area contributed by atoms with Gasteiger partial charge in [-0.15, -0.1) is 0 Å². The normalized spacial score (nSPS) is 16.4. The lowest BCUT2D eigenvalue weighted by Gasteiger charge is -2.26. The minimum atomic E-state index is -2.95. The summed E-state index contributed by atoms with van der Waals surface area (Å²) in [6.07, 6.45) is 1.53. The molecule has 0 amide bonds. The summed E-state index contributed by atoms with van der Waals surface area (Å²) < 4.78 is 28.0. The zero-order valence-electron chi connectivity index (χ0n) is 13.5. The molecule has 1 aliphatic heterocycles. The predicted octanol–water partition coefficient (Wildman–Crippen LogP) is 1.69. The minimum Gasteiger partial charge on any atom is -0.488 e. The van der Waals surface area contributed by atoms with Gasteiger partial charge in [0.1, 0.15) is 17.5 Å². The first-order valence-corrected chi connectivity index (χ1v) is 9.43. The molecule has 3 rings (SSSR count). The third kappa shape index (κ3) is 3.97. The molecule has 1 aliphatic rings. The quantitative estimate of drug-likeness (QED) is 0.766. The number of sulfone groups is 1. The highest BCUT2D eigenvalue weighted by molar-refractivity contribution is 7.92. The first kappa shape index (κ1) is 16.6. The van der Waals surface area contributed by atoms with Crippen molar-refractivity contribution in [3.8, 4) is 5.75 Å². The van der Waals surface area contributed by atoms with Gasteiger partial charge in [-0.2, -0.15) is 0 Å². The van der Waals surface area contributed by atoms with E-state index in [1.54, 1.807) is 25.3 Å². The van der Waals surface area contributed by atoms with Crippen LogP contribution in [0.4, 0.5) is 0 Å². The molecule has 0 radical (unpaired) electrons. The summed E-state index contributed by atoms with van der Waals surface area (Å²) in [5, 5.41) is 0. The number of hydrogen-bond acceptors (Lipinski definition) is 6. The van der Waals surface area contributed by atoms with Crippen molar-refractivity contribution in [2.24, 2.45) is 0 Å². The maximum absolute atomic E-state index is 12.4. The Hall–Kier alpha value is -2.28. The Labute approximate surface area is 140 Å². The molecule has 7 heteroatoms. The van der Waals surface area contributed by atoms with Gasteiger partial charge >= 0.3 is 0 Å². The van der Waals surface area contributed by atoms with Crippen molar-refractivity contribution in [3.63, 3.8) is 0 Å². The number of aromatic nitrogens is 2. The van der Waals surface area contributed by atoms with Crippen LogP contribution in [0, 0.1) is 13.8 Å². The van der Waals surface area contributed by atoms with E-state index in [1.807, 2.05) is 19.1 Å². The molecular weight excluding hydrogens is 328 g/mol. The van der Waals surface area contributed by atoms with Crippen molar-refractivity contribution < 1.29 is 17.9 Å². The molecule has 1 fully saturated rings. The summed E-state index contributed by atoms with van der Waals surface area (Å²) in [5.41, 5.74) is 2.66. The molecule has 0 unspecified atom stereocenters. The van der Waals surface area contributed by atoms with E-state index in [4.69, 9.17) is 4.74 Å². The van der Waals surface area contributed by atoms with E-state index >= 15 is 0 Å². The number of carbonyl (C=O) groups is 1. The van der Waals surface area contributed by atoms with Crippen LogP contribution in [0.5, 0.6) is 5.75 Å². The molecule has 2 aromatic heterocycles. The number of aryl methyl sites for hydroxylation is 2. The van der Waals surface area contributed by atoms with Crippen molar-refractivity contribution in [2.75, 3.05) is 11.5 Å². The molecule has 3 heterocycles. The van der Waals surface area contributed by atoms with Crippen molar-refractivity contribution in [3.05, 3.63) is 53.1 Å². The highest BCUT2D eigenvalue weighted by Gasteiger charge is 2.35. The monoisotopic (exact) mass is 346 g/mol. The van der Waals surface area contributed by atoms with Crippen LogP contribution < -0.4 is 4.74 Å². The van der Waals surface area contributed by atoms with Crippen molar-refractivity contribution in [1.82, 2.24) is 9.97 Å². The molecule has 0 aliphatic carbocycles. The van der Waals surface area contributed by atoms with E-state index in [2.05, 4.69) is 9.97 Å². The summed E-state index contributed by atoms with van der Waals surface area (Å²) in [7, 11) is -2.95. The van der Waals surface area contributed by atoms with Crippen LogP contribution in [0.1, 0.15) is 27.4 Å². The van der Waals surface area contributed by atoms with Crippen molar-refractivity contribution in [2.45, 2.75) is 26.4 Å². The first-order valence-electron chi connectivity index (χ1n) is 7.61. The molecule has 0 atom stereocenters. The maximum atomic E-state index is 12.4. The number of nitrogens with zero attached hydrogens (tertiary/aromatic N) is 2. The van der Waals surface area contributed by atoms with E-state index in [0.29, 0.717) is 22.8 Å². The standard InChI is InChI=1S/C17H18N2O4S/c1-11-3-4-13(18-8-11)6-17(20)16-7-14(5-12(2)19-16)23-15-9-24(21,22)10-15/h3-5,7-8,15H,6,9-10H2,1-2H3. The fourth-order valence-corrected chi connectivity index (χ4v) is 3.66. The molecule has 0 saturated carbocycles. The topological polar surface area (TPSA) is 86.2 Å². The molecule has 1 saturated heterocycles. The van der Waals surface area contributed by atoms with Gasteiger partial charge in [0.15, 0.2) is 15.6 Å². The molecule has 6 nitrogen and oxygen atoms in total. The van der Waals surface area contributed by atoms with Gasteiger partial charge in [-0.25, -0.2) is 13.4 Å². The zero-order valence-corrected chi connectivity index (χ0v) is 14.3. The van der Waals surface area contributed by atoms with Crippen LogP contribution in [0.15, 0.2) is 30.5 Å². The second kappa shape index (κ2) is 6.32. The molecule has 24 heavy (non-hydrogen) atoms. The Balaban J connectivity index is 1.73. The van der Waals surface area contributed by atoms with Gasteiger partial charge in [0.2, 0.25) is 0 Å². The fourth-order valence-electron chi connectivity index (χ4n) is 2.48. The lowest BCUT2D eigenvalue weighted by molar-refractivity contribution is 0.0986. The van der Waals surface area contributed by atoms with Gasteiger partial charge in [0, 0.05) is 29.7 Å². The Kier molecular flexibility index (Phi) is 4.36. The average Bonchev–Trinajstić information content (AvgIpc) is 2.47. The second-order valence-electron chi connectivity index (χ2n) is 6.07. The highest BCUT2D eigenvalue weighted by atomic mass is 32.2. The molecule has 126 valence electrons. The summed E-state index contributed by atoms with van der Waals surface area (Å²) in [5.74, 6) is 0.360. The van der Waals surface area contributed by atoms with Crippen molar-refractivity contribution in [1.29, 1.82) is 0 Å². The number of rotatable bonds is 5. The first-order chi connectivity index (χ1) is 11.3. The SMILES string of the molecule is Cc1ccc(CC(=O)c2cc(OC3CS(=O)(=O)C3)cc(C)n2)nc1. The summed E-state index contributed by atoms with van der Waals surface area (Å²) in [6, 6.07) is 6.99. The Morgan fingerprint density at radius 3 is 2.62 bits per heavy atom. The minimum absolute atomic E-state index is 0.0188. The van der Waals surface area contributed by atoms with Crippen molar-refractivity contribution >= 4 is 15.6 Å². The second-order valence-corrected chi connectivity index (χ2v) is 8.23. The van der Waals surface area contributed by atoms with Gasteiger partial charge < -0.3 is 4.74 Å². The molecule has 2 aromatic rings. The van der Waals surface area contributed by atoms with E-state index in [0.717, 1.165) is 5.56 Å². The predicted molar refractivity (Wildman–Crippen MR) is 89.1 cm³/mol. The molecule has 0 aromatic carbocycles.